The molecule has 0 heterocycles. The number of esters is 1. The van der Waals surface area contributed by atoms with Gasteiger partial charge in [0.05, 0.1) is 13.5 Å². The fraction of sp³-hybridized carbons (Fsp3) is 0.562. The Labute approximate surface area is 121 Å². The van der Waals surface area contributed by atoms with E-state index in [4.69, 9.17) is 9.84 Å². The van der Waals surface area contributed by atoms with Crippen LogP contribution in [-0.2, 0) is 22.5 Å². The minimum absolute atomic E-state index is 0.0616. The number of ether oxygens (including phenoxy) is 1. The lowest BCUT2D eigenvalue weighted by Gasteiger charge is -2.24. The second-order valence-electron chi connectivity index (χ2n) is 5.76. The second-order valence-corrected chi connectivity index (χ2v) is 5.76. The Morgan fingerprint density at radius 2 is 1.95 bits per heavy atom. The molecular formula is C16H25NO3. The van der Waals surface area contributed by atoms with Crippen molar-refractivity contribution >= 4 is 5.97 Å². The normalized spacial score (nSPS) is 11.4. The number of carbonyl (C=O) groups excluding carboxylic acids is 1. The van der Waals surface area contributed by atoms with Crippen molar-refractivity contribution in [1.29, 1.82) is 0 Å². The van der Waals surface area contributed by atoms with Crippen LogP contribution in [0.25, 0.3) is 0 Å². The van der Waals surface area contributed by atoms with Crippen molar-refractivity contribution in [2.24, 2.45) is 5.41 Å². The fourth-order valence-corrected chi connectivity index (χ4v) is 2.06. The van der Waals surface area contributed by atoms with E-state index in [0.29, 0.717) is 13.0 Å². The van der Waals surface area contributed by atoms with Gasteiger partial charge in [-0.05, 0) is 23.0 Å². The number of hydrogen-bond acceptors (Lipinski definition) is 4. The minimum Gasteiger partial charge on any atom is -0.469 e. The molecule has 0 saturated carbocycles. The molecule has 0 spiro atoms. The van der Waals surface area contributed by atoms with Crippen LogP contribution in [0.2, 0.25) is 0 Å². The standard InChI is InChI=1S/C16H25NO3/c1-16(2,8-9-18)12-17-11-14-7-5-4-6-13(14)10-15(19)20-3/h4-7,17-18H,8-12H2,1-3H3. The van der Waals surface area contributed by atoms with Crippen LogP contribution in [-0.4, -0.2) is 31.3 Å². The van der Waals surface area contributed by atoms with Gasteiger partial charge < -0.3 is 15.2 Å². The first-order valence-corrected chi connectivity index (χ1v) is 6.93. The molecule has 0 aromatic heterocycles. The third-order valence-electron chi connectivity index (χ3n) is 3.39. The molecule has 0 aliphatic heterocycles. The molecular weight excluding hydrogens is 254 g/mol. The second kappa shape index (κ2) is 8.02. The van der Waals surface area contributed by atoms with Crippen LogP contribution in [0.1, 0.15) is 31.4 Å². The van der Waals surface area contributed by atoms with Crippen molar-refractivity contribution < 1.29 is 14.6 Å². The highest BCUT2D eigenvalue weighted by Gasteiger charge is 2.16. The Hall–Kier alpha value is -1.39. The zero-order valence-corrected chi connectivity index (χ0v) is 12.6. The first-order chi connectivity index (χ1) is 9.48. The highest BCUT2D eigenvalue weighted by atomic mass is 16.5. The van der Waals surface area contributed by atoms with Crippen molar-refractivity contribution in [3.8, 4) is 0 Å². The Kier molecular flexibility index (Phi) is 6.68. The number of methoxy groups -OCH3 is 1. The SMILES string of the molecule is COC(=O)Cc1ccccc1CNCC(C)(C)CCO. The van der Waals surface area contributed by atoms with Gasteiger partial charge in [0.15, 0.2) is 0 Å². The van der Waals surface area contributed by atoms with E-state index in [0.717, 1.165) is 24.1 Å². The van der Waals surface area contributed by atoms with E-state index in [1.54, 1.807) is 0 Å². The van der Waals surface area contributed by atoms with Crippen molar-refractivity contribution in [3.05, 3.63) is 35.4 Å². The predicted molar refractivity (Wildman–Crippen MR) is 79.4 cm³/mol. The molecule has 0 radical (unpaired) electrons. The number of nitrogens with one attached hydrogen (secondary N) is 1. The summed E-state index contributed by atoms with van der Waals surface area (Å²) in [5, 5.41) is 12.4. The average molecular weight is 279 g/mol. The topological polar surface area (TPSA) is 58.6 Å². The lowest BCUT2D eigenvalue weighted by atomic mass is 9.89. The molecule has 0 saturated heterocycles. The summed E-state index contributed by atoms with van der Waals surface area (Å²) in [4.78, 5) is 11.4. The monoisotopic (exact) mass is 279 g/mol. The third-order valence-corrected chi connectivity index (χ3v) is 3.39. The summed E-state index contributed by atoms with van der Waals surface area (Å²) in [6.45, 7) is 5.98. The molecule has 4 nitrogen and oxygen atoms in total. The van der Waals surface area contributed by atoms with Gasteiger partial charge in [0.25, 0.3) is 0 Å². The maximum atomic E-state index is 11.4. The van der Waals surface area contributed by atoms with Gasteiger partial charge in [0.2, 0.25) is 0 Å². The van der Waals surface area contributed by atoms with Crippen molar-refractivity contribution in [2.45, 2.75) is 33.2 Å². The van der Waals surface area contributed by atoms with Gasteiger partial charge in [-0.2, -0.15) is 0 Å². The molecule has 0 aliphatic rings. The van der Waals surface area contributed by atoms with Crippen LogP contribution in [0.15, 0.2) is 24.3 Å². The fourth-order valence-electron chi connectivity index (χ4n) is 2.06. The summed E-state index contributed by atoms with van der Waals surface area (Å²) < 4.78 is 4.71. The molecule has 0 unspecified atom stereocenters. The first kappa shape index (κ1) is 16.7. The van der Waals surface area contributed by atoms with E-state index in [-0.39, 0.29) is 18.0 Å². The van der Waals surface area contributed by atoms with Crippen LogP contribution < -0.4 is 5.32 Å². The number of aliphatic hydroxyl groups excluding tert-OH is 1. The zero-order chi connectivity index (χ0) is 15.0. The van der Waals surface area contributed by atoms with Crippen LogP contribution in [0.3, 0.4) is 0 Å². The lowest BCUT2D eigenvalue weighted by Crippen LogP contribution is -2.30. The Morgan fingerprint density at radius 3 is 2.55 bits per heavy atom. The summed E-state index contributed by atoms with van der Waals surface area (Å²) in [6, 6.07) is 7.87. The molecule has 0 amide bonds. The van der Waals surface area contributed by atoms with E-state index in [1.165, 1.54) is 7.11 Å². The van der Waals surface area contributed by atoms with Gasteiger partial charge in [-0.25, -0.2) is 0 Å². The highest BCUT2D eigenvalue weighted by molar-refractivity contribution is 5.72. The van der Waals surface area contributed by atoms with Gasteiger partial charge >= 0.3 is 5.97 Å². The number of aliphatic hydroxyl groups is 1. The smallest absolute Gasteiger partial charge is 0.309 e. The van der Waals surface area contributed by atoms with E-state index < -0.39 is 0 Å². The van der Waals surface area contributed by atoms with Crippen LogP contribution in [0, 0.1) is 5.41 Å². The van der Waals surface area contributed by atoms with Crippen LogP contribution >= 0.6 is 0 Å². The molecule has 20 heavy (non-hydrogen) atoms. The molecule has 0 fully saturated rings. The molecule has 4 heteroatoms. The largest absolute Gasteiger partial charge is 0.469 e. The highest BCUT2D eigenvalue weighted by Crippen LogP contribution is 2.18. The Balaban J connectivity index is 2.57. The van der Waals surface area contributed by atoms with E-state index in [2.05, 4.69) is 19.2 Å². The Morgan fingerprint density at radius 1 is 1.30 bits per heavy atom. The zero-order valence-electron chi connectivity index (χ0n) is 12.6. The van der Waals surface area contributed by atoms with Gasteiger partial charge in [0.1, 0.15) is 0 Å². The molecule has 112 valence electrons. The maximum absolute atomic E-state index is 11.4. The van der Waals surface area contributed by atoms with Gasteiger partial charge in [0, 0.05) is 19.7 Å². The Bertz CT molecular complexity index is 429. The summed E-state index contributed by atoms with van der Waals surface area (Å²) in [5.41, 5.74) is 2.16. The number of carbonyl (C=O) groups is 1. The van der Waals surface area contributed by atoms with E-state index in [1.807, 2.05) is 24.3 Å². The van der Waals surface area contributed by atoms with Crippen LogP contribution in [0.4, 0.5) is 0 Å². The molecule has 1 rings (SSSR count). The first-order valence-electron chi connectivity index (χ1n) is 6.93. The van der Waals surface area contributed by atoms with Crippen molar-refractivity contribution in [1.82, 2.24) is 5.32 Å². The van der Waals surface area contributed by atoms with Gasteiger partial charge in [-0.15, -0.1) is 0 Å². The molecule has 1 aromatic carbocycles. The number of rotatable bonds is 8. The number of hydrogen-bond donors (Lipinski definition) is 2. The van der Waals surface area contributed by atoms with Crippen molar-refractivity contribution in [2.75, 3.05) is 20.3 Å². The van der Waals surface area contributed by atoms with Crippen molar-refractivity contribution in [3.63, 3.8) is 0 Å². The quantitative estimate of drug-likeness (QED) is 0.714. The number of benzene rings is 1. The molecule has 1 aromatic rings. The average Bonchev–Trinajstić information content (AvgIpc) is 2.40. The third kappa shape index (κ3) is 5.72. The van der Waals surface area contributed by atoms with E-state index in [9.17, 15) is 4.79 Å². The van der Waals surface area contributed by atoms with Gasteiger partial charge in [-0.1, -0.05) is 38.1 Å². The van der Waals surface area contributed by atoms with Gasteiger partial charge in [-0.3, -0.25) is 4.79 Å². The molecule has 0 bridgehead atoms. The van der Waals surface area contributed by atoms with E-state index >= 15 is 0 Å². The predicted octanol–water partition coefficient (Wildman–Crippen LogP) is 1.90. The molecule has 0 atom stereocenters. The lowest BCUT2D eigenvalue weighted by molar-refractivity contribution is -0.139. The summed E-state index contributed by atoms with van der Waals surface area (Å²) in [5.74, 6) is -0.224. The maximum Gasteiger partial charge on any atom is 0.309 e. The summed E-state index contributed by atoms with van der Waals surface area (Å²) in [6.07, 6.45) is 1.07. The van der Waals surface area contributed by atoms with Crippen LogP contribution in [0.5, 0.6) is 0 Å². The minimum atomic E-state index is -0.224. The molecule has 0 aliphatic carbocycles. The molecule has 2 N–H and O–H groups in total. The summed E-state index contributed by atoms with van der Waals surface area (Å²) >= 11 is 0. The summed E-state index contributed by atoms with van der Waals surface area (Å²) in [7, 11) is 1.40.